The van der Waals surface area contributed by atoms with Crippen LogP contribution in [0.1, 0.15) is 15.9 Å². The first-order valence-corrected chi connectivity index (χ1v) is 9.57. The first-order valence-electron chi connectivity index (χ1n) is 8.78. The number of carbonyl (C=O) groups is 2. The Kier molecular flexibility index (Phi) is 5.12. The van der Waals surface area contributed by atoms with Gasteiger partial charge in [0.05, 0.1) is 12.2 Å². The zero-order valence-electron chi connectivity index (χ0n) is 14.9. The summed E-state index contributed by atoms with van der Waals surface area (Å²) in [6.07, 6.45) is 0. The molecule has 3 aromatic rings. The molecule has 2 amide bonds. The second-order valence-corrected chi connectivity index (χ2v) is 7.31. The molecule has 0 atom stereocenters. The van der Waals surface area contributed by atoms with Gasteiger partial charge in [-0.05, 0) is 48.0 Å². The summed E-state index contributed by atoms with van der Waals surface area (Å²) in [4.78, 5) is 26.6. The second-order valence-electron chi connectivity index (χ2n) is 6.40. The molecular weight excluding hydrogens is 420 g/mol. The van der Waals surface area contributed by atoms with Crippen LogP contribution < -0.4 is 15.0 Å². The number of benzene rings is 3. The largest absolute Gasteiger partial charge is 0.482 e. The number of rotatable bonds is 4. The molecule has 1 N–H and O–H groups in total. The van der Waals surface area contributed by atoms with Crippen LogP contribution in [0.3, 0.4) is 0 Å². The van der Waals surface area contributed by atoms with Crippen LogP contribution in [-0.2, 0) is 11.3 Å². The van der Waals surface area contributed by atoms with Gasteiger partial charge in [0.15, 0.2) is 6.61 Å². The minimum absolute atomic E-state index is 0.000745. The van der Waals surface area contributed by atoms with Crippen molar-refractivity contribution in [2.45, 2.75) is 6.54 Å². The number of anilines is 2. The number of carbonyl (C=O) groups excluding carboxylic acids is 2. The van der Waals surface area contributed by atoms with Crippen molar-refractivity contribution in [1.29, 1.82) is 0 Å². The van der Waals surface area contributed by atoms with E-state index in [1.54, 1.807) is 35.2 Å². The van der Waals surface area contributed by atoms with Crippen molar-refractivity contribution in [1.82, 2.24) is 0 Å². The molecule has 28 heavy (non-hydrogen) atoms. The quantitative estimate of drug-likeness (QED) is 0.648. The van der Waals surface area contributed by atoms with Crippen molar-refractivity contribution in [3.8, 4) is 5.75 Å². The maximum absolute atomic E-state index is 12.5. The molecule has 0 fully saturated rings. The number of hydrogen-bond acceptors (Lipinski definition) is 3. The molecule has 1 aliphatic rings. The van der Waals surface area contributed by atoms with Crippen molar-refractivity contribution >= 4 is 39.1 Å². The van der Waals surface area contributed by atoms with E-state index in [0.717, 1.165) is 10.0 Å². The molecule has 0 radical (unpaired) electrons. The van der Waals surface area contributed by atoms with Crippen LogP contribution in [0.4, 0.5) is 11.4 Å². The van der Waals surface area contributed by atoms with Crippen LogP contribution in [0.25, 0.3) is 0 Å². The third kappa shape index (κ3) is 3.92. The van der Waals surface area contributed by atoms with Crippen LogP contribution in [0, 0.1) is 0 Å². The summed E-state index contributed by atoms with van der Waals surface area (Å²) in [5.74, 6) is 0.291. The number of fused-ring (bicyclic) bond motifs is 1. The van der Waals surface area contributed by atoms with E-state index in [-0.39, 0.29) is 18.4 Å². The summed E-state index contributed by atoms with van der Waals surface area (Å²) < 4.78 is 6.54. The summed E-state index contributed by atoms with van der Waals surface area (Å²) in [6.45, 7) is 0.428. The Morgan fingerprint density at radius 2 is 1.79 bits per heavy atom. The number of nitrogens with one attached hydrogen (secondary N) is 1. The molecule has 1 aliphatic heterocycles. The lowest BCUT2D eigenvalue weighted by Crippen LogP contribution is -2.38. The second kappa shape index (κ2) is 7.86. The van der Waals surface area contributed by atoms with Crippen molar-refractivity contribution in [3.63, 3.8) is 0 Å². The third-order valence-electron chi connectivity index (χ3n) is 4.45. The van der Waals surface area contributed by atoms with Crippen molar-refractivity contribution in [2.75, 3.05) is 16.8 Å². The van der Waals surface area contributed by atoms with E-state index in [9.17, 15) is 9.59 Å². The lowest BCUT2D eigenvalue weighted by Gasteiger charge is -2.30. The highest BCUT2D eigenvalue weighted by Gasteiger charge is 2.26. The minimum atomic E-state index is -0.205. The molecule has 0 bridgehead atoms. The summed E-state index contributed by atoms with van der Waals surface area (Å²) >= 11 is 3.42. The topological polar surface area (TPSA) is 58.6 Å². The molecule has 1 heterocycles. The van der Waals surface area contributed by atoms with Crippen molar-refractivity contribution < 1.29 is 14.3 Å². The van der Waals surface area contributed by atoms with Gasteiger partial charge in [-0.2, -0.15) is 0 Å². The van der Waals surface area contributed by atoms with Gasteiger partial charge in [0.2, 0.25) is 0 Å². The smallest absolute Gasteiger partial charge is 0.265 e. The molecule has 0 aliphatic carbocycles. The zero-order valence-corrected chi connectivity index (χ0v) is 16.5. The average molecular weight is 437 g/mol. The normalized spacial score (nSPS) is 12.9. The lowest BCUT2D eigenvalue weighted by molar-refractivity contribution is -0.121. The van der Waals surface area contributed by atoms with Crippen LogP contribution in [0.15, 0.2) is 77.3 Å². The third-order valence-corrected chi connectivity index (χ3v) is 4.98. The van der Waals surface area contributed by atoms with Gasteiger partial charge in [-0.3, -0.25) is 9.59 Å². The summed E-state index contributed by atoms with van der Waals surface area (Å²) in [5, 5.41) is 2.88. The van der Waals surface area contributed by atoms with Crippen LogP contribution in [-0.4, -0.2) is 18.4 Å². The van der Waals surface area contributed by atoms with Crippen molar-refractivity contribution in [2.24, 2.45) is 0 Å². The monoisotopic (exact) mass is 436 g/mol. The van der Waals surface area contributed by atoms with Gasteiger partial charge in [0.25, 0.3) is 11.8 Å². The predicted molar refractivity (Wildman–Crippen MR) is 112 cm³/mol. The van der Waals surface area contributed by atoms with Crippen LogP contribution >= 0.6 is 15.9 Å². The standard InChI is InChI=1S/C22H17BrN2O3/c23-17-8-6-15(7-9-17)13-25-19-12-18(10-11-20(19)28-14-21(25)26)24-22(27)16-4-2-1-3-5-16/h1-12H,13-14H2,(H,24,27). The molecule has 3 aromatic carbocycles. The number of hydrogen-bond donors (Lipinski definition) is 1. The van der Waals surface area contributed by atoms with E-state index < -0.39 is 0 Å². The highest BCUT2D eigenvalue weighted by atomic mass is 79.9. The number of ether oxygens (including phenoxy) is 1. The maximum atomic E-state index is 12.5. The maximum Gasteiger partial charge on any atom is 0.265 e. The van der Waals surface area contributed by atoms with E-state index in [0.29, 0.717) is 29.2 Å². The molecule has 4 rings (SSSR count). The lowest BCUT2D eigenvalue weighted by atomic mass is 10.1. The van der Waals surface area contributed by atoms with Gasteiger partial charge in [-0.25, -0.2) is 0 Å². The Bertz CT molecular complexity index is 1020. The van der Waals surface area contributed by atoms with E-state index >= 15 is 0 Å². The van der Waals surface area contributed by atoms with E-state index in [1.807, 2.05) is 42.5 Å². The van der Waals surface area contributed by atoms with Gasteiger partial charge in [-0.1, -0.05) is 46.3 Å². The van der Waals surface area contributed by atoms with Crippen LogP contribution in [0.5, 0.6) is 5.75 Å². The average Bonchev–Trinajstić information content (AvgIpc) is 2.72. The van der Waals surface area contributed by atoms with Gasteiger partial charge >= 0.3 is 0 Å². The van der Waals surface area contributed by atoms with E-state index in [2.05, 4.69) is 21.2 Å². The Balaban J connectivity index is 1.60. The molecule has 0 saturated carbocycles. The van der Waals surface area contributed by atoms with E-state index in [1.165, 1.54) is 0 Å². The van der Waals surface area contributed by atoms with Gasteiger partial charge in [0.1, 0.15) is 5.75 Å². The molecular formula is C22H17BrN2O3. The molecule has 0 aromatic heterocycles. The molecule has 6 heteroatoms. The fourth-order valence-corrected chi connectivity index (χ4v) is 3.28. The molecule has 5 nitrogen and oxygen atoms in total. The fraction of sp³-hybridized carbons (Fsp3) is 0.0909. The number of amides is 2. The molecule has 140 valence electrons. The fourth-order valence-electron chi connectivity index (χ4n) is 3.02. The number of halogens is 1. The Morgan fingerprint density at radius 1 is 1.04 bits per heavy atom. The molecule has 0 spiro atoms. The Labute approximate surface area is 171 Å². The first-order chi connectivity index (χ1) is 13.6. The summed E-state index contributed by atoms with van der Waals surface area (Å²) in [6, 6.07) is 22.1. The SMILES string of the molecule is O=C(Nc1ccc2c(c1)N(Cc1ccc(Br)cc1)C(=O)CO2)c1ccccc1. The highest BCUT2D eigenvalue weighted by molar-refractivity contribution is 9.10. The summed E-state index contributed by atoms with van der Waals surface area (Å²) in [5.41, 5.74) is 2.82. The van der Waals surface area contributed by atoms with Gasteiger partial charge in [-0.15, -0.1) is 0 Å². The predicted octanol–water partition coefficient (Wildman–Crippen LogP) is 4.63. The van der Waals surface area contributed by atoms with Gasteiger partial charge < -0.3 is 15.0 Å². The minimum Gasteiger partial charge on any atom is -0.482 e. The molecule has 0 unspecified atom stereocenters. The first kappa shape index (κ1) is 18.3. The number of nitrogens with zero attached hydrogens (tertiary/aromatic N) is 1. The summed E-state index contributed by atoms with van der Waals surface area (Å²) in [7, 11) is 0. The molecule has 0 saturated heterocycles. The van der Waals surface area contributed by atoms with E-state index in [4.69, 9.17) is 4.74 Å². The van der Waals surface area contributed by atoms with Gasteiger partial charge in [0, 0.05) is 15.7 Å². The zero-order chi connectivity index (χ0) is 19.5. The Hall–Kier alpha value is -3.12. The highest BCUT2D eigenvalue weighted by Crippen LogP contribution is 2.35. The Morgan fingerprint density at radius 3 is 2.54 bits per heavy atom. The van der Waals surface area contributed by atoms with Crippen LogP contribution in [0.2, 0.25) is 0 Å². The van der Waals surface area contributed by atoms with Crippen molar-refractivity contribution in [3.05, 3.63) is 88.4 Å².